The van der Waals surface area contributed by atoms with E-state index in [2.05, 4.69) is 34.2 Å². The van der Waals surface area contributed by atoms with Gasteiger partial charge < -0.3 is 10.1 Å². The topological polar surface area (TPSA) is 64.9 Å². The number of aryl methyl sites for hydroxylation is 2. The van der Waals surface area contributed by atoms with Crippen molar-refractivity contribution < 1.29 is 4.74 Å². The highest BCUT2D eigenvalue weighted by atomic mass is 16.5. The summed E-state index contributed by atoms with van der Waals surface area (Å²) in [4.78, 5) is 8.74. The van der Waals surface area contributed by atoms with Gasteiger partial charge in [-0.1, -0.05) is 6.92 Å². The molecule has 2 aromatic rings. The van der Waals surface area contributed by atoms with Gasteiger partial charge in [0.15, 0.2) is 5.75 Å². The summed E-state index contributed by atoms with van der Waals surface area (Å²) in [7, 11) is 1.67. The summed E-state index contributed by atoms with van der Waals surface area (Å²) >= 11 is 0. The molecule has 0 aliphatic heterocycles. The maximum atomic E-state index is 5.47. The van der Waals surface area contributed by atoms with Crippen molar-refractivity contribution in [2.75, 3.05) is 13.7 Å². The number of hydrogen-bond acceptors (Lipinski definition) is 5. The minimum absolute atomic E-state index is 0.0518. The summed E-state index contributed by atoms with van der Waals surface area (Å²) in [5.41, 5.74) is 1.94. The standard InChI is InChI=1S/C15H23N5O/c1-5-8-17-14(12-7-9-16-11(3)19-12)15-13(21-4)10-18-20(15)6-2/h7,9-10,14,17H,5-6,8H2,1-4H3. The zero-order valence-electron chi connectivity index (χ0n) is 13.1. The molecule has 6 heteroatoms. The van der Waals surface area contributed by atoms with Crippen molar-refractivity contribution in [2.24, 2.45) is 0 Å². The lowest BCUT2D eigenvalue weighted by atomic mass is 10.1. The van der Waals surface area contributed by atoms with Gasteiger partial charge in [0.25, 0.3) is 0 Å². The summed E-state index contributed by atoms with van der Waals surface area (Å²) in [6.07, 6.45) is 4.59. The zero-order chi connectivity index (χ0) is 15.2. The van der Waals surface area contributed by atoms with Crippen molar-refractivity contribution in [3.05, 3.63) is 35.7 Å². The Morgan fingerprint density at radius 3 is 2.81 bits per heavy atom. The van der Waals surface area contributed by atoms with E-state index in [0.717, 1.165) is 42.5 Å². The first-order chi connectivity index (χ1) is 10.2. The molecule has 0 aliphatic rings. The van der Waals surface area contributed by atoms with Gasteiger partial charge in [-0.25, -0.2) is 9.97 Å². The van der Waals surface area contributed by atoms with Crippen LogP contribution in [0.4, 0.5) is 0 Å². The predicted molar refractivity (Wildman–Crippen MR) is 81.4 cm³/mol. The molecule has 0 spiro atoms. The largest absolute Gasteiger partial charge is 0.493 e. The second-order valence-corrected chi connectivity index (χ2v) is 4.83. The maximum Gasteiger partial charge on any atom is 0.161 e. The molecule has 1 unspecified atom stereocenters. The van der Waals surface area contributed by atoms with Crippen LogP contribution in [0.25, 0.3) is 0 Å². The SMILES string of the molecule is CCCNC(c1ccnc(C)n1)c1c(OC)cnn1CC. The monoisotopic (exact) mass is 289 g/mol. The fourth-order valence-corrected chi connectivity index (χ4v) is 2.34. The highest BCUT2D eigenvalue weighted by Gasteiger charge is 2.24. The van der Waals surface area contributed by atoms with Crippen molar-refractivity contribution >= 4 is 0 Å². The molecule has 0 radical (unpaired) electrons. The zero-order valence-corrected chi connectivity index (χ0v) is 13.1. The van der Waals surface area contributed by atoms with Gasteiger partial charge in [-0.3, -0.25) is 4.68 Å². The van der Waals surface area contributed by atoms with E-state index in [1.807, 2.05) is 17.7 Å². The summed E-state index contributed by atoms with van der Waals surface area (Å²) in [5, 5.41) is 7.92. The molecule has 0 aliphatic carbocycles. The summed E-state index contributed by atoms with van der Waals surface area (Å²) in [6.45, 7) is 7.79. The van der Waals surface area contributed by atoms with Gasteiger partial charge in [0.1, 0.15) is 11.5 Å². The van der Waals surface area contributed by atoms with E-state index in [0.29, 0.717) is 0 Å². The van der Waals surface area contributed by atoms with Crippen LogP contribution >= 0.6 is 0 Å². The van der Waals surface area contributed by atoms with Gasteiger partial charge >= 0.3 is 0 Å². The Hall–Kier alpha value is -1.95. The Morgan fingerprint density at radius 1 is 1.38 bits per heavy atom. The van der Waals surface area contributed by atoms with E-state index >= 15 is 0 Å². The minimum Gasteiger partial charge on any atom is -0.493 e. The molecule has 114 valence electrons. The molecule has 0 amide bonds. The van der Waals surface area contributed by atoms with E-state index in [1.54, 1.807) is 19.5 Å². The summed E-state index contributed by atoms with van der Waals surface area (Å²) in [5.74, 6) is 1.54. The highest BCUT2D eigenvalue weighted by molar-refractivity contribution is 5.33. The average Bonchev–Trinajstić information content (AvgIpc) is 2.91. The molecule has 0 aromatic carbocycles. The van der Waals surface area contributed by atoms with E-state index in [4.69, 9.17) is 4.74 Å². The maximum absolute atomic E-state index is 5.47. The number of ether oxygens (including phenoxy) is 1. The van der Waals surface area contributed by atoms with Gasteiger partial charge in [0, 0.05) is 12.7 Å². The van der Waals surface area contributed by atoms with Crippen LogP contribution in [0.5, 0.6) is 5.75 Å². The van der Waals surface area contributed by atoms with E-state index in [1.165, 1.54) is 0 Å². The second kappa shape index (κ2) is 7.17. The highest BCUT2D eigenvalue weighted by Crippen LogP contribution is 2.29. The van der Waals surface area contributed by atoms with Crippen LogP contribution in [0, 0.1) is 6.92 Å². The van der Waals surface area contributed by atoms with Crippen molar-refractivity contribution in [3.8, 4) is 5.75 Å². The molecule has 1 N–H and O–H groups in total. The van der Waals surface area contributed by atoms with Crippen LogP contribution in [0.3, 0.4) is 0 Å². The lowest BCUT2D eigenvalue weighted by molar-refractivity contribution is 0.397. The molecule has 0 saturated carbocycles. The van der Waals surface area contributed by atoms with Crippen LogP contribution < -0.4 is 10.1 Å². The summed E-state index contributed by atoms with van der Waals surface area (Å²) in [6, 6.07) is 1.89. The average molecular weight is 289 g/mol. The smallest absolute Gasteiger partial charge is 0.161 e. The molecular formula is C15H23N5O. The number of nitrogens with one attached hydrogen (secondary N) is 1. The van der Waals surface area contributed by atoms with Crippen LogP contribution in [0.2, 0.25) is 0 Å². The Labute approximate surface area is 125 Å². The van der Waals surface area contributed by atoms with Gasteiger partial charge in [0.2, 0.25) is 0 Å². The van der Waals surface area contributed by atoms with Gasteiger partial charge in [-0.05, 0) is 32.9 Å². The van der Waals surface area contributed by atoms with Crippen molar-refractivity contribution in [2.45, 2.75) is 39.8 Å². The predicted octanol–water partition coefficient (Wildman–Crippen LogP) is 2.10. The van der Waals surface area contributed by atoms with Gasteiger partial charge in [0.05, 0.1) is 25.0 Å². The first kappa shape index (κ1) is 15.4. The third-order valence-electron chi connectivity index (χ3n) is 3.33. The van der Waals surface area contributed by atoms with Crippen molar-refractivity contribution in [1.82, 2.24) is 25.1 Å². The Kier molecular flexibility index (Phi) is 5.27. The molecule has 2 rings (SSSR count). The second-order valence-electron chi connectivity index (χ2n) is 4.83. The van der Waals surface area contributed by atoms with Gasteiger partial charge in [-0.15, -0.1) is 0 Å². The van der Waals surface area contributed by atoms with Crippen molar-refractivity contribution in [3.63, 3.8) is 0 Å². The van der Waals surface area contributed by atoms with Crippen LogP contribution in [-0.4, -0.2) is 33.4 Å². The quantitative estimate of drug-likeness (QED) is 0.845. The normalized spacial score (nSPS) is 12.4. The molecule has 2 aromatic heterocycles. The third-order valence-corrected chi connectivity index (χ3v) is 3.33. The van der Waals surface area contributed by atoms with E-state index in [9.17, 15) is 0 Å². The van der Waals surface area contributed by atoms with E-state index < -0.39 is 0 Å². The fourth-order valence-electron chi connectivity index (χ4n) is 2.34. The molecule has 6 nitrogen and oxygen atoms in total. The molecular weight excluding hydrogens is 266 g/mol. The van der Waals surface area contributed by atoms with Crippen LogP contribution in [-0.2, 0) is 6.54 Å². The molecule has 0 saturated heterocycles. The molecule has 1 atom stereocenters. The lowest BCUT2D eigenvalue weighted by Gasteiger charge is -2.20. The number of nitrogens with zero attached hydrogens (tertiary/aromatic N) is 4. The van der Waals surface area contributed by atoms with Crippen molar-refractivity contribution in [1.29, 1.82) is 0 Å². The fraction of sp³-hybridized carbons (Fsp3) is 0.533. The number of rotatable bonds is 7. The molecule has 0 fully saturated rings. The number of methoxy groups -OCH3 is 1. The first-order valence-electron chi connectivity index (χ1n) is 7.33. The molecule has 21 heavy (non-hydrogen) atoms. The van der Waals surface area contributed by atoms with E-state index in [-0.39, 0.29) is 6.04 Å². The van der Waals surface area contributed by atoms with Crippen LogP contribution in [0.15, 0.2) is 18.5 Å². The molecule has 2 heterocycles. The number of hydrogen-bond donors (Lipinski definition) is 1. The number of aromatic nitrogens is 4. The Bertz CT molecular complexity index is 560. The Balaban J connectivity index is 2.47. The first-order valence-corrected chi connectivity index (χ1v) is 7.33. The lowest BCUT2D eigenvalue weighted by Crippen LogP contribution is -2.27. The third kappa shape index (κ3) is 3.39. The Morgan fingerprint density at radius 2 is 2.19 bits per heavy atom. The molecule has 0 bridgehead atoms. The van der Waals surface area contributed by atoms with Crippen LogP contribution in [0.1, 0.15) is 43.5 Å². The minimum atomic E-state index is -0.0518. The van der Waals surface area contributed by atoms with Gasteiger partial charge in [-0.2, -0.15) is 5.10 Å². The summed E-state index contributed by atoms with van der Waals surface area (Å²) < 4.78 is 7.42.